The highest BCUT2D eigenvalue weighted by atomic mass is 17.1. The first-order valence-corrected chi connectivity index (χ1v) is 5.21. The van der Waals surface area contributed by atoms with Gasteiger partial charge in [0.1, 0.15) is 0 Å². The number of hydrogen-bond donors (Lipinski definition) is 1. The van der Waals surface area contributed by atoms with E-state index in [1.807, 2.05) is 67.6 Å². The minimum Gasteiger partial charge on any atom is -0.251 e. The van der Waals surface area contributed by atoms with Gasteiger partial charge in [-0.05, 0) is 18.1 Å². The highest BCUT2D eigenvalue weighted by Crippen LogP contribution is 2.31. The topological polar surface area (TPSA) is 29.5 Å². The van der Waals surface area contributed by atoms with Gasteiger partial charge < -0.3 is 0 Å². The van der Waals surface area contributed by atoms with Gasteiger partial charge in [-0.15, -0.1) is 0 Å². The molecule has 16 heavy (non-hydrogen) atoms. The molecule has 0 radical (unpaired) electrons. The van der Waals surface area contributed by atoms with Gasteiger partial charge in [-0.3, -0.25) is 5.26 Å². The molecule has 1 N–H and O–H groups in total. The molecule has 2 aromatic carbocycles. The summed E-state index contributed by atoms with van der Waals surface area (Å²) in [6.07, 6.45) is 0. The lowest BCUT2D eigenvalue weighted by atomic mass is 9.88. The van der Waals surface area contributed by atoms with E-state index in [9.17, 15) is 5.26 Å². The molecule has 0 saturated carbocycles. The van der Waals surface area contributed by atoms with Gasteiger partial charge in [0.05, 0.1) is 0 Å². The molecular weight excluding hydrogens is 200 g/mol. The molecule has 2 aromatic rings. The van der Waals surface area contributed by atoms with Gasteiger partial charge in [-0.1, -0.05) is 60.7 Å². The third-order valence-corrected chi connectivity index (χ3v) is 2.83. The molecule has 0 amide bonds. The van der Waals surface area contributed by atoms with Crippen molar-refractivity contribution < 1.29 is 10.1 Å². The molecule has 0 aliphatic heterocycles. The minimum atomic E-state index is -0.817. The second kappa shape index (κ2) is 4.47. The fraction of sp³-hybridized carbons (Fsp3) is 0.143. The van der Waals surface area contributed by atoms with E-state index in [-0.39, 0.29) is 0 Å². The van der Waals surface area contributed by atoms with Crippen LogP contribution < -0.4 is 0 Å². The van der Waals surface area contributed by atoms with Crippen LogP contribution in [0, 0.1) is 0 Å². The summed E-state index contributed by atoms with van der Waals surface area (Å²) >= 11 is 0. The van der Waals surface area contributed by atoms with Gasteiger partial charge in [0, 0.05) is 0 Å². The van der Waals surface area contributed by atoms with Crippen LogP contribution in [0.3, 0.4) is 0 Å². The molecule has 0 aromatic heterocycles. The second-order valence-electron chi connectivity index (χ2n) is 3.86. The van der Waals surface area contributed by atoms with Crippen molar-refractivity contribution in [2.24, 2.45) is 0 Å². The molecule has 82 valence electrons. The van der Waals surface area contributed by atoms with Gasteiger partial charge in [0.15, 0.2) is 5.60 Å². The summed E-state index contributed by atoms with van der Waals surface area (Å²) in [6, 6.07) is 19.3. The van der Waals surface area contributed by atoms with Crippen molar-refractivity contribution in [1.82, 2.24) is 0 Å². The first-order chi connectivity index (χ1) is 7.77. The number of rotatable bonds is 3. The summed E-state index contributed by atoms with van der Waals surface area (Å²) in [5.41, 5.74) is 1.02. The van der Waals surface area contributed by atoms with Gasteiger partial charge in [-0.25, -0.2) is 4.89 Å². The first kappa shape index (κ1) is 10.9. The Kier molecular flexibility index (Phi) is 3.04. The highest BCUT2D eigenvalue weighted by molar-refractivity contribution is 5.35. The van der Waals surface area contributed by atoms with E-state index in [4.69, 9.17) is 4.89 Å². The van der Waals surface area contributed by atoms with Crippen LogP contribution in [0.15, 0.2) is 60.7 Å². The van der Waals surface area contributed by atoms with Crippen LogP contribution in [0.2, 0.25) is 0 Å². The Labute approximate surface area is 95.1 Å². The molecule has 2 nitrogen and oxygen atoms in total. The van der Waals surface area contributed by atoms with Crippen molar-refractivity contribution in [2.45, 2.75) is 12.5 Å². The first-order valence-electron chi connectivity index (χ1n) is 5.21. The smallest absolute Gasteiger partial charge is 0.150 e. The molecule has 0 spiro atoms. The van der Waals surface area contributed by atoms with Crippen LogP contribution in [-0.4, -0.2) is 5.26 Å². The molecule has 0 fully saturated rings. The SMILES string of the molecule is CC(OO)(c1ccccc1)c1ccccc1. The molecule has 2 rings (SSSR count). The Morgan fingerprint density at radius 2 is 1.19 bits per heavy atom. The average Bonchev–Trinajstić information content (AvgIpc) is 2.40. The molecule has 0 aliphatic carbocycles. The molecule has 0 atom stereocenters. The molecule has 0 unspecified atom stereocenters. The van der Waals surface area contributed by atoms with E-state index in [1.54, 1.807) is 0 Å². The van der Waals surface area contributed by atoms with Crippen molar-refractivity contribution in [3.05, 3.63) is 71.8 Å². The van der Waals surface area contributed by atoms with Crippen LogP contribution in [0.1, 0.15) is 18.1 Å². The molecule has 0 heterocycles. The maximum Gasteiger partial charge on any atom is 0.150 e. The van der Waals surface area contributed by atoms with E-state index in [2.05, 4.69) is 0 Å². The molecular formula is C14H14O2. The lowest BCUT2D eigenvalue weighted by Crippen LogP contribution is -2.25. The van der Waals surface area contributed by atoms with Gasteiger partial charge in [0.25, 0.3) is 0 Å². The van der Waals surface area contributed by atoms with Crippen LogP contribution >= 0.6 is 0 Å². The summed E-state index contributed by atoms with van der Waals surface area (Å²) < 4.78 is 0. The third-order valence-electron chi connectivity index (χ3n) is 2.83. The normalized spacial score (nSPS) is 11.4. The minimum absolute atomic E-state index is 0.817. The zero-order valence-electron chi connectivity index (χ0n) is 9.13. The van der Waals surface area contributed by atoms with Crippen molar-refractivity contribution in [3.8, 4) is 0 Å². The van der Waals surface area contributed by atoms with Crippen molar-refractivity contribution in [3.63, 3.8) is 0 Å². The van der Waals surface area contributed by atoms with Gasteiger partial charge >= 0.3 is 0 Å². The maximum absolute atomic E-state index is 9.19. The lowest BCUT2D eigenvalue weighted by molar-refractivity contribution is -0.310. The van der Waals surface area contributed by atoms with E-state index < -0.39 is 5.60 Å². The van der Waals surface area contributed by atoms with E-state index in [1.165, 1.54) is 0 Å². The van der Waals surface area contributed by atoms with Crippen molar-refractivity contribution >= 4 is 0 Å². The summed E-state index contributed by atoms with van der Waals surface area (Å²) in [5.74, 6) is 0. The van der Waals surface area contributed by atoms with Crippen molar-refractivity contribution in [2.75, 3.05) is 0 Å². The van der Waals surface area contributed by atoms with E-state index in [0.29, 0.717) is 0 Å². The monoisotopic (exact) mass is 214 g/mol. The number of hydrogen-bond acceptors (Lipinski definition) is 2. The maximum atomic E-state index is 9.19. The summed E-state index contributed by atoms with van der Waals surface area (Å²) in [4.78, 5) is 4.71. The standard InChI is InChI=1S/C14H14O2/c1-14(16-15,12-8-4-2-5-9-12)13-10-6-3-7-11-13/h2-11,15H,1H3. The Morgan fingerprint density at radius 1 is 0.812 bits per heavy atom. The van der Waals surface area contributed by atoms with E-state index >= 15 is 0 Å². The Morgan fingerprint density at radius 3 is 1.50 bits per heavy atom. The predicted molar refractivity (Wildman–Crippen MR) is 63.1 cm³/mol. The van der Waals surface area contributed by atoms with Crippen LogP contribution in [0.5, 0.6) is 0 Å². The molecule has 0 bridgehead atoms. The Balaban J connectivity index is 2.49. The van der Waals surface area contributed by atoms with Crippen molar-refractivity contribution in [1.29, 1.82) is 0 Å². The Hall–Kier alpha value is -1.64. The average molecular weight is 214 g/mol. The van der Waals surface area contributed by atoms with Crippen LogP contribution in [0.25, 0.3) is 0 Å². The number of benzene rings is 2. The summed E-state index contributed by atoms with van der Waals surface area (Å²) in [5, 5.41) is 9.19. The lowest BCUT2D eigenvalue weighted by Gasteiger charge is -2.26. The fourth-order valence-electron chi connectivity index (χ4n) is 1.78. The third kappa shape index (κ3) is 1.85. The zero-order chi connectivity index (χ0) is 11.4. The highest BCUT2D eigenvalue weighted by Gasteiger charge is 2.30. The molecule has 0 saturated heterocycles. The van der Waals surface area contributed by atoms with E-state index in [0.717, 1.165) is 11.1 Å². The fourth-order valence-corrected chi connectivity index (χ4v) is 1.78. The zero-order valence-corrected chi connectivity index (χ0v) is 9.13. The second-order valence-corrected chi connectivity index (χ2v) is 3.86. The Bertz CT molecular complexity index is 397. The summed E-state index contributed by atoms with van der Waals surface area (Å²) in [7, 11) is 0. The molecule has 2 heteroatoms. The van der Waals surface area contributed by atoms with Crippen LogP contribution in [0.4, 0.5) is 0 Å². The summed E-state index contributed by atoms with van der Waals surface area (Å²) in [6.45, 7) is 1.84. The molecule has 0 aliphatic rings. The van der Waals surface area contributed by atoms with Gasteiger partial charge in [-0.2, -0.15) is 0 Å². The van der Waals surface area contributed by atoms with Gasteiger partial charge in [0.2, 0.25) is 0 Å². The quantitative estimate of drug-likeness (QED) is 0.626. The largest absolute Gasteiger partial charge is 0.251 e. The predicted octanol–water partition coefficient (Wildman–Crippen LogP) is 3.44. The van der Waals surface area contributed by atoms with Crippen LogP contribution in [-0.2, 0) is 10.5 Å².